The Balaban J connectivity index is 2.10. The van der Waals surface area contributed by atoms with Crippen molar-refractivity contribution in [3.63, 3.8) is 0 Å². The van der Waals surface area contributed by atoms with Crippen LogP contribution in [-0.4, -0.2) is 51.1 Å². The molecule has 0 amide bonds. The van der Waals surface area contributed by atoms with Crippen LogP contribution in [-0.2, 0) is 0 Å². The van der Waals surface area contributed by atoms with Crippen molar-refractivity contribution >= 4 is 0 Å². The molecule has 0 bridgehead atoms. The number of hydrogen-bond donors (Lipinski definition) is 0. The van der Waals surface area contributed by atoms with Crippen LogP contribution in [0.15, 0.2) is 0 Å². The monoisotopic (exact) mass is 212 g/mol. The molecule has 1 aliphatic carbocycles. The van der Waals surface area contributed by atoms with Crippen molar-refractivity contribution in [1.29, 1.82) is 0 Å². The molecule has 0 radical (unpaired) electrons. The molecule has 0 N–H and O–H groups in total. The van der Waals surface area contributed by atoms with Gasteiger partial charge in [-0.05, 0) is 72.4 Å². The van der Waals surface area contributed by atoms with Crippen molar-refractivity contribution < 1.29 is 0 Å². The summed E-state index contributed by atoms with van der Waals surface area (Å²) in [5, 5.41) is 0. The summed E-state index contributed by atoms with van der Waals surface area (Å²) in [5.74, 6) is 2.03. The zero-order chi connectivity index (χ0) is 11.3. The van der Waals surface area contributed by atoms with E-state index in [1.807, 2.05) is 0 Å². The van der Waals surface area contributed by atoms with Crippen LogP contribution in [0.3, 0.4) is 0 Å². The lowest BCUT2D eigenvalue weighted by molar-refractivity contribution is 0.328. The van der Waals surface area contributed by atoms with Crippen molar-refractivity contribution in [3.8, 4) is 0 Å². The number of nitrogens with zero attached hydrogens (tertiary/aromatic N) is 2. The quantitative estimate of drug-likeness (QED) is 0.666. The van der Waals surface area contributed by atoms with Gasteiger partial charge in [0.15, 0.2) is 0 Å². The lowest BCUT2D eigenvalue weighted by atomic mass is 9.99. The Morgan fingerprint density at radius 3 is 1.53 bits per heavy atom. The zero-order valence-electron chi connectivity index (χ0n) is 11.0. The number of hydrogen-bond acceptors (Lipinski definition) is 2. The molecule has 2 unspecified atom stereocenters. The second-order valence-corrected chi connectivity index (χ2v) is 5.73. The molecule has 0 aromatic rings. The van der Waals surface area contributed by atoms with Gasteiger partial charge < -0.3 is 9.80 Å². The Bertz CT molecular complexity index is 148. The molecule has 1 fully saturated rings. The molecule has 1 rings (SSSR count). The minimum absolute atomic E-state index is 1.01. The Labute approximate surface area is 95.6 Å². The first-order valence-electron chi connectivity index (χ1n) is 6.37. The van der Waals surface area contributed by atoms with Gasteiger partial charge in [-0.1, -0.05) is 12.8 Å². The van der Waals surface area contributed by atoms with E-state index in [0.717, 1.165) is 11.8 Å². The van der Waals surface area contributed by atoms with Crippen LogP contribution in [0, 0.1) is 11.8 Å². The minimum Gasteiger partial charge on any atom is -0.309 e. The lowest BCUT2D eigenvalue weighted by Gasteiger charge is -2.16. The zero-order valence-corrected chi connectivity index (χ0v) is 11.0. The number of rotatable bonds is 6. The van der Waals surface area contributed by atoms with Crippen LogP contribution in [0.25, 0.3) is 0 Å². The van der Waals surface area contributed by atoms with E-state index in [2.05, 4.69) is 38.0 Å². The van der Waals surface area contributed by atoms with Gasteiger partial charge in [-0.3, -0.25) is 0 Å². The van der Waals surface area contributed by atoms with Crippen LogP contribution in [0.5, 0.6) is 0 Å². The third kappa shape index (κ3) is 5.53. The van der Waals surface area contributed by atoms with Crippen LogP contribution in [0.1, 0.15) is 32.1 Å². The van der Waals surface area contributed by atoms with E-state index < -0.39 is 0 Å². The molecule has 2 heteroatoms. The fourth-order valence-electron chi connectivity index (χ4n) is 2.58. The second-order valence-electron chi connectivity index (χ2n) is 5.73. The highest BCUT2D eigenvalue weighted by atomic mass is 15.1. The molecule has 15 heavy (non-hydrogen) atoms. The summed E-state index contributed by atoms with van der Waals surface area (Å²) in [4.78, 5) is 4.63. The van der Waals surface area contributed by atoms with Crippen molar-refractivity contribution in [1.82, 2.24) is 9.80 Å². The van der Waals surface area contributed by atoms with E-state index >= 15 is 0 Å². The second kappa shape index (κ2) is 6.49. The molecule has 1 saturated carbocycles. The standard InChI is InChI=1S/C13H28N2/c1-14(2)9-7-12-5-6-13(11-12)8-10-15(3)4/h12-13H,5-11H2,1-4H3. The van der Waals surface area contributed by atoms with E-state index in [0.29, 0.717) is 0 Å². The van der Waals surface area contributed by atoms with Gasteiger partial charge in [-0.25, -0.2) is 0 Å². The minimum atomic E-state index is 1.01. The predicted molar refractivity (Wildman–Crippen MR) is 67.2 cm³/mol. The Kier molecular flexibility index (Phi) is 5.62. The van der Waals surface area contributed by atoms with Crippen molar-refractivity contribution in [2.24, 2.45) is 11.8 Å². The van der Waals surface area contributed by atoms with Gasteiger partial charge in [0.2, 0.25) is 0 Å². The highest BCUT2D eigenvalue weighted by molar-refractivity contribution is 4.76. The van der Waals surface area contributed by atoms with Gasteiger partial charge in [-0.2, -0.15) is 0 Å². The highest BCUT2D eigenvalue weighted by Crippen LogP contribution is 2.34. The molecule has 2 atom stereocenters. The summed E-state index contributed by atoms with van der Waals surface area (Å²) in [5.41, 5.74) is 0. The average molecular weight is 212 g/mol. The van der Waals surface area contributed by atoms with Gasteiger partial charge in [-0.15, -0.1) is 0 Å². The van der Waals surface area contributed by atoms with Crippen molar-refractivity contribution in [2.75, 3.05) is 41.3 Å². The fourth-order valence-corrected chi connectivity index (χ4v) is 2.58. The molecule has 0 heterocycles. The summed E-state index contributed by atoms with van der Waals surface area (Å²) >= 11 is 0. The maximum atomic E-state index is 2.31. The van der Waals surface area contributed by atoms with E-state index in [9.17, 15) is 0 Å². The lowest BCUT2D eigenvalue weighted by Crippen LogP contribution is -2.17. The van der Waals surface area contributed by atoms with E-state index in [1.165, 1.54) is 45.2 Å². The smallest absolute Gasteiger partial charge is 0.00222 e. The molecule has 0 aromatic heterocycles. The Morgan fingerprint density at radius 1 is 0.800 bits per heavy atom. The summed E-state index contributed by atoms with van der Waals surface area (Å²) < 4.78 is 0. The van der Waals surface area contributed by atoms with Gasteiger partial charge >= 0.3 is 0 Å². The SMILES string of the molecule is CN(C)CCC1CCC(CCN(C)C)C1. The van der Waals surface area contributed by atoms with Crippen molar-refractivity contribution in [3.05, 3.63) is 0 Å². The molecule has 90 valence electrons. The van der Waals surface area contributed by atoms with Crippen LogP contribution in [0.2, 0.25) is 0 Å². The van der Waals surface area contributed by atoms with Gasteiger partial charge in [0, 0.05) is 0 Å². The first-order chi connectivity index (χ1) is 7.08. The van der Waals surface area contributed by atoms with Crippen LogP contribution >= 0.6 is 0 Å². The summed E-state index contributed by atoms with van der Waals surface area (Å²) in [6.45, 7) is 2.54. The Hall–Kier alpha value is -0.0800. The first-order valence-corrected chi connectivity index (χ1v) is 6.37. The van der Waals surface area contributed by atoms with Crippen LogP contribution in [0.4, 0.5) is 0 Å². The summed E-state index contributed by atoms with van der Waals surface area (Å²) in [6, 6.07) is 0. The maximum Gasteiger partial charge on any atom is -0.00222 e. The maximum absolute atomic E-state index is 2.31. The van der Waals surface area contributed by atoms with Gasteiger partial charge in [0.25, 0.3) is 0 Å². The van der Waals surface area contributed by atoms with Crippen LogP contribution < -0.4 is 0 Å². The largest absolute Gasteiger partial charge is 0.309 e. The molecular weight excluding hydrogens is 184 g/mol. The van der Waals surface area contributed by atoms with E-state index in [4.69, 9.17) is 0 Å². The fraction of sp³-hybridized carbons (Fsp3) is 1.00. The molecule has 0 aliphatic heterocycles. The molecule has 0 aromatic carbocycles. The summed E-state index contributed by atoms with van der Waals surface area (Å²) in [6.07, 6.45) is 7.26. The third-order valence-corrected chi connectivity index (χ3v) is 3.62. The molecule has 1 aliphatic rings. The molecule has 0 saturated heterocycles. The predicted octanol–water partition coefficient (Wildman–Crippen LogP) is 2.31. The summed E-state index contributed by atoms with van der Waals surface area (Å²) in [7, 11) is 8.72. The van der Waals surface area contributed by atoms with Crippen molar-refractivity contribution in [2.45, 2.75) is 32.1 Å². The normalized spacial score (nSPS) is 26.8. The third-order valence-electron chi connectivity index (χ3n) is 3.62. The molecule has 2 nitrogen and oxygen atoms in total. The van der Waals surface area contributed by atoms with E-state index in [-0.39, 0.29) is 0 Å². The average Bonchev–Trinajstić information content (AvgIpc) is 2.59. The Morgan fingerprint density at radius 2 is 1.20 bits per heavy atom. The van der Waals surface area contributed by atoms with Gasteiger partial charge in [0.05, 0.1) is 0 Å². The molecular formula is C13H28N2. The van der Waals surface area contributed by atoms with E-state index in [1.54, 1.807) is 0 Å². The molecule has 0 spiro atoms. The van der Waals surface area contributed by atoms with Gasteiger partial charge in [0.1, 0.15) is 0 Å². The highest BCUT2D eigenvalue weighted by Gasteiger charge is 2.23. The topological polar surface area (TPSA) is 6.48 Å². The first kappa shape index (κ1) is 13.0.